The van der Waals surface area contributed by atoms with Crippen LogP contribution < -0.4 is 10.1 Å². The van der Waals surface area contributed by atoms with Gasteiger partial charge in [-0.1, -0.05) is 45.9 Å². The van der Waals surface area contributed by atoms with Crippen LogP contribution in [0, 0.1) is 30.6 Å². The number of anilines is 1. The molecule has 0 aliphatic carbocycles. The fourth-order valence-corrected chi connectivity index (χ4v) is 11.5. The summed E-state index contributed by atoms with van der Waals surface area (Å²) < 4.78 is 36.8. The number of benzene rings is 2. The number of Topliss-reactive ketones (excluding diaryl/α,β-unsaturated/α-hetero) is 1. The zero-order valence-corrected chi connectivity index (χ0v) is 36.5. The highest BCUT2D eigenvalue weighted by atomic mass is 32.2. The predicted octanol–water partition coefficient (Wildman–Crippen LogP) is 8.03. The van der Waals surface area contributed by atoms with Gasteiger partial charge in [-0.25, -0.2) is 0 Å². The first kappa shape index (κ1) is 43.7. The standard InChI is InChI=1S/C43H55NO12S2/c1-19-13-12-14-20(2)40(50)44-31-30(41-57-17-18-58-41)33(47)27-28(34(31)48)32(46)22(4)38-29(27)39(49)43(10,56-38)52-16-15-26(51-11)21(3)36(53-25(7)45)24(6)37-23(5)35(19)54-42(8,9)55-37/h12-16,19,21,23-24,26,35-37,41,46-48H,17-18H2,1-11H3,(H,44,50)/t19-,21+,23+,24+,26+,35+,36+,37-,43-/m0/s1. The van der Waals surface area contributed by atoms with E-state index < -0.39 is 69.5 Å². The highest BCUT2D eigenvalue weighted by Crippen LogP contribution is 2.60. The summed E-state index contributed by atoms with van der Waals surface area (Å²) >= 11 is 3.03. The molecule has 5 heterocycles. The molecule has 1 amide bonds. The number of phenolic OH excluding ortho intramolecular Hbond substituents is 3. The Morgan fingerprint density at radius 1 is 0.897 bits per heavy atom. The molecule has 9 atom stereocenters. The Morgan fingerprint density at radius 2 is 1.55 bits per heavy atom. The van der Waals surface area contributed by atoms with Crippen LogP contribution in [0.1, 0.15) is 88.4 Å². The van der Waals surface area contributed by atoms with Crippen LogP contribution >= 0.6 is 23.5 Å². The van der Waals surface area contributed by atoms with Crippen LogP contribution in [0.4, 0.5) is 5.69 Å². The molecule has 0 spiro atoms. The molecule has 2 aromatic rings. The number of allylic oxidation sites excluding steroid dienone is 2. The van der Waals surface area contributed by atoms with Crippen LogP contribution in [0.15, 0.2) is 36.1 Å². The van der Waals surface area contributed by atoms with Gasteiger partial charge in [0.15, 0.2) is 11.5 Å². The molecule has 0 unspecified atom stereocenters. The number of esters is 1. The van der Waals surface area contributed by atoms with Crippen molar-refractivity contribution in [2.45, 2.75) is 110 Å². The number of phenols is 3. The Labute approximate surface area is 347 Å². The SMILES string of the molecule is CO[C@@H]1C=CO[C@@]2(C)Oc3c(C)c(O)c4c(O)c(c(C5SCCS5)c(O)c4c3C2=O)NC(=O)C(C)=CC=C[C@H](C)[C@H]2OC(C)(C)O[C@H]([C@H](C)[C@H](OC(C)=O)[C@@H]1C)[C@@H]2C. The lowest BCUT2D eigenvalue weighted by molar-refractivity contribution is -0.336. The minimum absolute atomic E-state index is 0.0207. The summed E-state index contributed by atoms with van der Waals surface area (Å²) in [5, 5.41) is 38.2. The number of fused-ring (bicyclic) bond motifs is 10. The van der Waals surface area contributed by atoms with E-state index in [9.17, 15) is 29.7 Å². The van der Waals surface area contributed by atoms with Crippen molar-refractivity contribution in [3.05, 3.63) is 52.8 Å². The van der Waals surface area contributed by atoms with Crippen molar-refractivity contribution in [1.29, 1.82) is 0 Å². The predicted molar refractivity (Wildman–Crippen MR) is 223 cm³/mol. The second kappa shape index (κ2) is 16.6. The number of methoxy groups -OCH3 is 1. The van der Waals surface area contributed by atoms with E-state index in [2.05, 4.69) is 5.32 Å². The molecule has 7 bridgehead atoms. The zero-order chi connectivity index (χ0) is 42.6. The molecule has 0 radical (unpaired) electrons. The highest BCUT2D eigenvalue weighted by Gasteiger charge is 2.51. The van der Waals surface area contributed by atoms with Gasteiger partial charge in [-0.2, -0.15) is 0 Å². The number of hydrogen-bond donors (Lipinski definition) is 4. The van der Waals surface area contributed by atoms with E-state index in [0.717, 1.165) is 11.5 Å². The Kier molecular flexibility index (Phi) is 12.5. The van der Waals surface area contributed by atoms with Crippen LogP contribution in [-0.4, -0.2) is 87.6 Å². The summed E-state index contributed by atoms with van der Waals surface area (Å²) in [6.45, 7) is 17.5. The van der Waals surface area contributed by atoms with Gasteiger partial charge in [-0.3, -0.25) is 14.4 Å². The van der Waals surface area contributed by atoms with Crippen LogP contribution in [0.3, 0.4) is 0 Å². The molecular formula is C43H55NO12S2. The second-order valence-corrected chi connectivity index (χ2v) is 19.0. The van der Waals surface area contributed by atoms with Crippen molar-refractivity contribution in [3.63, 3.8) is 0 Å². The third-order valence-corrected chi connectivity index (χ3v) is 14.7. The van der Waals surface area contributed by atoms with Crippen molar-refractivity contribution < 1.29 is 58.1 Å². The minimum Gasteiger partial charge on any atom is -0.507 e. The summed E-state index contributed by atoms with van der Waals surface area (Å²) in [4.78, 5) is 40.9. The molecule has 2 fully saturated rings. The largest absolute Gasteiger partial charge is 0.507 e. The summed E-state index contributed by atoms with van der Waals surface area (Å²) in [6.07, 6.45) is 6.16. The fourth-order valence-electron chi connectivity index (χ4n) is 8.59. The van der Waals surface area contributed by atoms with Gasteiger partial charge in [-0.05, 0) is 33.8 Å². The van der Waals surface area contributed by atoms with Crippen LogP contribution in [0.2, 0.25) is 0 Å². The van der Waals surface area contributed by atoms with Crippen LogP contribution in [-0.2, 0) is 33.3 Å². The summed E-state index contributed by atoms with van der Waals surface area (Å²) in [5.74, 6) is -5.60. The Morgan fingerprint density at radius 3 is 2.19 bits per heavy atom. The van der Waals surface area contributed by atoms with Gasteiger partial charge in [0.1, 0.15) is 23.4 Å². The lowest BCUT2D eigenvalue weighted by Gasteiger charge is -2.50. The number of carbonyl (C=O) groups excluding carboxylic acids is 3. The number of ketones is 1. The van der Waals surface area contributed by atoms with Crippen molar-refractivity contribution in [3.8, 4) is 23.0 Å². The topological polar surface area (TPSA) is 179 Å². The van der Waals surface area contributed by atoms with E-state index in [1.54, 1.807) is 25.2 Å². The Balaban J connectivity index is 1.53. The molecule has 5 aliphatic rings. The second-order valence-electron chi connectivity index (χ2n) is 16.3. The number of nitrogens with one attached hydrogen (secondary N) is 1. The van der Waals surface area contributed by atoms with Crippen molar-refractivity contribution >= 4 is 57.6 Å². The molecule has 2 saturated heterocycles. The maximum atomic E-state index is 14.5. The quantitative estimate of drug-likeness (QED) is 0.133. The average molecular weight is 842 g/mol. The molecule has 13 nitrogen and oxygen atoms in total. The highest BCUT2D eigenvalue weighted by molar-refractivity contribution is 8.19. The molecule has 7 rings (SSSR count). The number of thioether (sulfide) groups is 2. The fraction of sp³-hybridized carbons (Fsp3) is 0.558. The number of carbonyl (C=O) groups is 3. The first-order valence-electron chi connectivity index (χ1n) is 19.5. The zero-order valence-electron chi connectivity index (χ0n) is 34.8. The van der Waals surface area contributed by atoms with E-state index in [0.29, 0.717) is 5.57 Å². The van der Waals surface area contributed by atoms with Gasteiger partial charge in [0.2, 0.25) is 0 Å². The summed E-state index contributed by atoms with van der Waals surface area (Å²) in [6, 6.07) is 0. The maximum Gasteiger partial charge on any atom is 0.312 e. The van der Waals surface area contributed by atoms with Gasteiger partial charge in [0, 0.05) is 78.2 Å². The lowest BCUT2D eigenvalue weighted by atomic mass is 9.77. The molecular weight excluding hydrogens is 787 g/mol. The van der Waals surface area contributed by atoms with Crippen molar-refractivity contribution in [2.75, 3.05) is 23.9 Å². The molecule has 4 N–H and O–H groups in total. The molecule has 58 heavy (non-hydrogen) atoms. The van der Waals surface area contributed by atoms with E-state index >= 15 is 0 Å². The third-order valence-electron chi connectivity index (χ3n) is 11.6. The Bertz CT molecular complexity index is 2070. The molecule has 0 aromatic heterocycles. The molecule has 0 saturated carbocycles. The number of hydrogen-bond acceptors (Lipinski definition) is 14. The van der Waals surface area contributed by atoms with Gasteiger partial charge in [-0.15, -0.1) is 23.5 Å². The van der Waals surface area contributed by atoms with Gasteiger partial charge >= 0.3 is 11.8 Å². The summed E-state index contributed by atoms with van der Waals surface area (Å²) in [7, 11) is 1.52. The van der Waals surface area contributed by atoms with E-state index in [1.165, 1.54) is 57.7 Å². The monoisotopic (exact) mass is 841 g/mol. The Hall–Kier alpha value is -3.89. The number of amides is 1. The molecule has 15 heteroatoms. The minimum atomic E-state index is -1.97. The van der Waals surface area contributed by atoms with Gasteiger partial charge in [0.25, 0.3) is 11.7 Å². The first-order valence-corrected chi connectivity index (χ1v) is 21.6. The van der Waals surface area contributed by atoms with Crippen molar-refractivity contribution in [1.82, 2.24) is 0 Å². The molecule has 2 aromatic carbocycles. The molecule has 5 aliphatic heterocycles. The van der Waals surface area contributed by atoms with Gasteiger partial charge in [0.05, 0.1) is 45.8 Å². The average Bonchev–Trinajstić information content (AvgIpc) is 3.79. The normalized spacial score (nSPS) is 31.9. The smallest absolute Gasteiger partial charge is 0.312 e. The van der Waals surface area contributed by atoms with Gasteiger partial charge < -0.3 is 49.1 Å². The van der Waals surface area contributed by atoms with Crippen LogP contribution in [0.25, 0.3) is 10.8 Å². The summed E-state index contributed by atoms with van der Waals surface area (Å²) in [5.41, 5.74) is 0.474. The third kappa shape index (κ3) is 7.92. The maximum absolute atomic E-state index is 14.5. The van der Waals surface area contributed by atoms with E-state index in [-0.39, 0.29) is 68.5 Å². The van der Waals surface area contributed by atoms with Crippen LogP contribution in [0.5, 0.6) is 23.0 Å². The number of ether oxygens (including phenoxy) is 6. The van der Waals surface area contributed by atoms with E-state index in [4.69, 9.17) is 28.4 Å². The lowest BCUT2D eigenvalue weighted by Crippen LogP contribution is -2.56. The van der Waals surface area contributed by atoms with E-state index in [1.807, 2.05) is 47.6 Å². The van der Waals surface area contributed by atoms with Crippen molar-refractivity contribution in [2.24, 2.45) is 23.7 Å². The number of aromatic hydroxyl groups is 3. The number of rotatable bonds is 3. The molecule has 316 valence electrons. The first-order chi connectivity index (χ1) is 27.2.